The first-order valence-electron chi connectivity index (χ1n) is 2.54. The van der Waals surface area contributed by atoms with E-state index in [2.05, 4.69) is 6.58 Å². The minimum absolute atomic E-state index is 0.0481. The van der Waals surface area contributed by atoms with Crippen molar-refractivity contribution in [1.82, 2.24) is 0 Å². The molecular weight excluding hydrogens is 140 g/mol. The fraction of sp³-hybridized carbons (Fsp3) is 0.600. The maximum atomic E-state index is 10.6. The lowest BCUT2D eigenvalue weighted by atomic mass is 10.8. The molecule has 0 aromatic carbocycles. The van der Waals surface area contributed by atoms with Crippen LogP contribution in [0.5, 0.6) is 0 Å². The van der Waals surface area contributed by atoms with Crippen LogP contribution < -0.4 is 0 Å². The molecule has 0 saturated carbocycles. The van der Waals surface area contributed by atoms with E-state index in [1.807, 2.05) is 0 Å². The lowest BCUT2D eigenvalue weighted by Gasteiger charge is -1.94. The van der Waals surface area contributed by atoms with Crippen LogP contribution in [0.15, 0.2) is 12.7 Å². The van der Waals surface area contributed by atoms with Crippen LogP contribution >= 0.6 is 0 Å². The molecule has 0 radical (unpaired) electrons. The van der Waals surface area contributed by atoms with Crippen molar-refractivity contribution in [2.75, 3.05) is 18.1 Å². The lowest BCUT2D eigenvalue weighted by Crippen LogP contribution is -2.11. The largest absolute Gasteiger partial charge is 0.395 e. The van der Waals surface area contributed by atoms with E-state index in [1.54, 1.807) is 0 Å². The van der Waals surface area contributed by atoms with E-state index in [0.29, 0.717) is 0 Å². The summed E-state index contributed by atoms with van der Waals surface area (Å²) in [4.78, 5) is 0. The van der Waals surface area contributed by atoms with Crippen LogP contribution in [0.2, 0.25) is 0 Å². The van der Waals surface area contributed by atoms with Crippen LogP contribution in [-0.2, 0) is 9.84 Å². The SMILES string of the molecule is C=CCS(=O)(=O)CCO. The Balaban J connectivity index is 3.88. The number of hydrogen-bond acceptors (Lipinski definition) is 3. The highest BCUT2D eigenvalue weighted by atomic mass is 32.2. The van der Waals surface area contributed by atoms with Crippen LogP contribution in [0, 0.1) is 0 Å². The molecule has 0 rings (SSSR count). The van der Waals surface area contributed by atoms with Gasteiger partial charge in [0.15, 0.2) is 9.84 Å². The monoisotopic (exact) mass is 150 g/mol. The Morgan fingerprint density at radius 1 is 1.56 bits per heavy atom. The summed E-state index contributed by atoms with van der Waals surface area (Å²) >= 11 is 0. The van der Waals surface area contributed by atoms with Gasteiger partial charge in [0.25, 0.3) is 0 Å². The first kappa shape index (κ1) is 8.65. The summed E-state index contributed by atoms with van der Waals surface area (Å²) in [7, 11) is -3.05. The number of aliphatic hydroxyl groups is 1. The summed E-state index contributed by atoms with van der Waals surface area (Å²) in [5, 5.41) is 8.22. The predicted molar refractivity (Wildman–Crippen MR) is 35.9 cm³/mol. The molecule has 0 bridgehead atoms. The Kier molecular flexibility index (Phi) is 3.49. The highest BCUT2D eigenvalue weighted by molar-refractivity contribution is 7.91. The topological polar surface area (TPSA) is 54.4 Å². The summed E-state index contributed by atoms with van der Waals surface area (Å²) in [5.41, 5.74) is 0. The second-order valence-corrected chi connectivity index (χ2v) is 3.86. The molecule has 0 unspecified atom stereocenters. The number of sulfone groups is 1. The first-order chi connectivity index (χ1) is 4.12. The summed E-state index contributed by atoms with van der Waals surface area (Å²) in [5.74, 6) is -0.216. The van der Waals surface area contributed by atoms with Gasteiger partial charge in [0.05, 0.1) is 18.1 Å². The normalized spacial score (nSPS) is 11.2. The van der Waals surface area contributed by atoms with E-state index in [1.165, 1.54) is 6.08 Å². The van der Waals surface area contributed by atoms with Gasteiger partial charge >= 0.3 is 0 Å². The summed E-state index contributed by atoms with van der Waals surface area (Å²) in [6, 6.07) is 0. The van der Waals surface area contributed by atoms with Crippen molar-refractivity contribution in [2.24, 2.45) is 0 Å². The van der Waals surface area contributed by atoms with E-state index >= 15 is 0 Å². The maximum absolute atomic E-state index is 10.6. The van der Waals surface area contributed by atoms with Crippen LogP contribution in [0.25, 0.3) is 0 Å². The van der Waals surface area contributed by atoms with Gasteiger partial charge in [-0.1, -0.05) is 6.08 Å². The van der Waals surface area contributed by atoms with Crippen molar-refractivity contribution in [2.45, 2.75) is 0 Å². The van der Waals surface area contributed by atoms with Crippen LogP contribution in [0.3, 0.4) is 0 Å². The molecule has 0 spiro atoms. The zero-order valence-electron chi connectivity index (χ0n) is 5.08. The Morgan fingerprint density at radius 2 is 2.11 bits per heavy atom. The van der Waals surface area contributed by atoms with Crippen molar-refractivity contribution in [3.05, 3.63) is 12.7 Å². The van der Waals surface area contributed by atoms with Crippen LogP contribution in [-0.4, -0.2) is 31.6 Å². The molecule has 0 amide bonds. The van der Waals surface area contributed by atoms with Gasteiger partial charge in [0, 0.05) is 0 Å². The molecule has 0 aliphatic rings. The summed E-state index contributed by atoms with van der Waals surface area (Å²) in [6.07, 6.45) is 1.31. The van der Waals surface area contributed by atoms with Crippen molar-refractivity contribution in [1.29, 1.82) is 0 Å². The standard InChI is InChI=1S/C5H10O3S/c1-2-4-9(7,8)5-3-6/h2,6H,1,3-5H2. The fourth-order valence-corrected chi connectivity index (χ4v) is 1.21. The third kappa shape index (κ3) is 4.17. The Labute approximate surface area is 54.9 Å². The third-order valence-electron chi connectivity index (χ3n) is 0.774. The predicted octanol–water partition coefficient (Wildman–Crippen LogP) is -0.420. The molecular formula is C5H10O3S. The average Bonchev–Trinajstić information content (AvgIpc) is 1.64. The first-order valence-corrected chi connectivity index (χ1v) is 4.36. The van der Waals surface area contributed by atoms with Crippen molar-refractivity contribution in [3.63, 3.8) is 0 Å². The second-order valence-electron chi connectivity index (χ2n) is 1.63. The molecule has 0 heterocycles. The van der Waals surface area contributed by atoms with Crippen LogP contribution in [0.4, 0.5) is 0 Å². The van der Waals surface area contributed by atoms with E-state index in [9.17, 15) is 8.42 Å². The second kappa shape index (κ2) is 3.63. The van der Waals surface area contributed by atoms with Gasteiger partial charge in [-0.2, -0.15) is 0 Å². The van der Waals surface area contributed by atoms with E-state index < -0.39 is 9.84 Å². The zero-order valence-corrected chi connectivity index (χ0v) is 5.89. The molecule has 0 atom stereocenters. The number of aliphatic hydroxyl groups excluding tert-OH is 1. The maximum Gasteiger partial charge on any atom is 0.156 e. The van der Waals surface area contributed by atoms with Crippen molar-refractivity contribution >= 4 is 9.84 Å². The summed E-state index contributed by atoms with van der Waals surface area (Å²) < 4.78 is 21.2. The van der Waals surface area contributed by atoms with Gasteiger partial charge in [-0.3, -0.25) is 0 Å². The van der Waals surface area contributed by atoms with Crippen LogP contribution in [0.1, 0.15) is 0 Å². The minimum atomic E-state index is -3.05. The zero-order chi connectivity index (χ0) is 7.33. The highest BCUT2D eigenvalue weighted by Gasteiger charge is 2.04. The molecule has 54 valence electrons. The smallest absolute Gasteiger partial charge is 0.156 e. The van der Waals surface area contributed by atoms with Gasteiger partial charge in [-0.05, 0) is 0 Å². The average molecular weight is 150 g/mol. The number of rotatable bonds is 4. The van der Waals surface area contributed by atoms with Gasteiger partial charge in [-0.15, -0.1) is 6.58 Å². The molecule has 3 nitrogen and oxygen atoms in total. The number of hydrogen-bond donors (Lipinski definition) is 1. The molecule has 0 aromatic heterocycles. The molecule has 0 aliphatic heterocycles. The molecule has 0 aliphatic carbocycles. The van der Waals surface area contributed by atoms with E-state index in [0.717, 1.165) is 0 Å². The molecule has 4 heteroatoms. The Hall–Kier alpha value is -0.350. The van der Waals surface area contributed by atoms with Crippen molar-refractivity contribution in [3.8, 4) is 0 Å². The lowest BCUT2D eigenvalue weighted by molar-refractivity contribution is 0.319. The van der Waals surface area contributed by atoms with Crippen molar-refractivity contribution < 1.29 is 13.5 Å². The molecule has 9 heavy (non-hydrogen) atoms. The van der Waals surface area contributed by atoms with Gasteiger partial charge in [0.2, 0.25) is 0 Å². The van der Waals surface area contributed by atoms with Gasteiger partial charge < -0.3 is 5.11 Å². The minimum Gasteiger partial charge on any atom is -0.395 e. The van der Waals surface area contributed by atoms with E-state index in [-0.39, 0.29) is 18.1 Å². The fourth-order valence-electron chi connectivity index (χ4n) is 0.402. The Morgan fingerprint density at radius 3 is 2.44 bits per heavy atom. The van der Waals surface area contributed by atoms with Gasteiger partial charge in [0.1, 0.15) is 0 Å². The third-order valence-corrected chi connectivity index (χ3v) is 2.32. The Bertz CT molecular complexity index is 169. The molecule has 0 saturated heterocycles. The molecule has 1 N–H and O–H groups in total. The van der Waals surface area contributed by atoms with Gasteiger partial charge in [-0.25, -0.2) is 8.42 Å². The highest BCUT2D eigenvalue weighted by Crippen LogP contribution is 1.87. The summed E-state index contributed by atoms with van der Waals surface area (Å²) in [6.45, 7) is 2.96. The molecule has 0 aromatic rings. The molecule has 0 fully saturated rings. The quantitative estimate of drug-likeness (QED) is 0.554. The van der Waals surface area contributed by atoms with E-state index in [4.69, 9.17) is 5.11 Å².